The van der Waals surface area contributed by atoms with E-state index < -0.39 is 0 Å². The predicted molar refractivity (Wildman–Crippen MR) is 304 cm³/mol. The van der Waals surface area contributed by atoms with Crippen LogP contribution in [-0.2, 0) is 0 Å². The fourth-order valence-electron chi connectivity index (χ4n) is 9.99. The van der Waals surface area contributed by atoms with E-state index in [9.17, 15) is 0 Å². The molecule has 3 heteroatoms. The van der Waals surface area contributed by atoms with Crippen molar-refractivity contribution >= 4 is 83.5 Å². The second-order valence-electron chi connectivity index (χ2n) is 17.9. The summed E-state index contributed by atoms with van der Waals surface area (Å²) in [5, 5.41) is 6.96. The molecule has 12 rings (SSSR count). The van der Waals surface area contributed by atoms with Crippen molar-refractivity contribution in [3.8, 4) is 23.7 Å². The minimum atomic E-state index is 0.935. The first kappa shape index (κ1) is 43.5. The summed E-state index contributed by atoms with van der Waals surface area (Å²) in [6.45, 7) is 2.20. The normalized spacial score (nSPS) is 10.9. The maximum Gasteiger partial charge on any atom is 0.0553 e. The van der Waals surface area contributed by atoms with E-state index in [1.807, 2.05) is 0 Å². The Morgan fingerprint density at radius 1 is 0.250 bits per heavy atom. The Bertz CT molecular complexity index is 3830. The SMILES string of the molecule is Cc1cc(C#Cc2ccc(N(c3ccccc3)c3ccccc3)cc2)c2ccc3c(N(c4ccccc4)c4ccccc4)cc(C#Cc4ccc(N(c5ccccc5)c5ccccc5)cc4)c4ccc1c2c43. The highest BCUT2D eigenvalue weighted by molar-refractivity contribution is 6.28. The van der Waals surface area contributed by atoms with Gasteiger partial charge in [0.05, 0.1) is 5.69 Å². The number of aryl methyl sites for hydroxylation is 1. The molecule has 0 spiro atoms. The van der Waals surface area contributed by atoms with Gasteiger partial charge in [-0.1, -0.05) is 157 Å². The summed E-state index contributed by atoms with van der Waals surface area (Å²) >= 11 is 0. The number of para-hydroxylation sites is 6. The van der Waals surface area contributed by atoms with Gasteiger partial charge in [0, 0.05) is 78.5 Å². The molecule has 0 aliphatic rings. The summed E-state index contributed by atoms with van der Waals surface area (Å²) in [4.78, 5) is 6.91. The van der Waals surface area contributed by atoms with Crippen molar-refractivity contribution in [2.75, 3.05) is 14.7 Å². The van der Waals surface area contributed by atoms with Gasteiger partial charge in [0.25, 0.3) is 0 Å². The molecular formula is C69H47N3. The molecule has 0 fully saturated rings. The largest absolute Gasteiger partial charge is 0.311 e. The number of anilines is 9. The molecule has 12 aromatic carbocycles. The zero-order chi connectivity index (χ0) is 48.2. The standard InChI is InChI=1S/C69H47N3/c1-50-48-53(38-32-51-34-40-61(41-35-51)70(55-20-8-2-9-21-55)56-22-10-3-11-23-56)64-46-47-66-67(72(59-28-16-6-17-29-59)60-30-18-7-19-31-60)49-54(65-45-44-63(50)68(64)69(65)66)39-33-52-36-42-62(43-37-52)71(57-24-12-4-13-25-57)58-26-14-5-15-27-58/h2-31,34-37,40-49H,1H3. The highest BCUT2D eigenvalue weighted by atomic mass is 15.2. The maximum atomic E-state index is 3.71. The first-order valence-corrected chi connectivity index (χ1v) is 24.3. The molecular weight excluding hydrogens is 871 g/mol. The van der Waals surface area contributed by atoms with Gasteiger partial charge in [-0.15, -0.1) is 0 Å². The average molecular weight is 918 g/mol. The van der Waals surface area contributed by atoms with Crippen LogP contribution < -0.4 is 14.7 Å². The predicted octanol–water partition coefficient (Wildman–Crippen LogP) is 18.1. The van der Waals surface area contributed by atoms with Crippen LogP contribution in [-0.4, -0.2) is 0 Å². The van der Waals surface area contributed by atoms with Crippen LogP contribution in [0.5, 0.6) is 0 Å². The molecule has 0 saturated carbocycles. The third kappa shape index (κ3) is 8.43. The summed E-state index contributed by atoms with van der Waals surface area (Å²) in [6, 6.07) is 94.0. The molecule has 0 saturated heterocycles. The number of hydrogen-bond acceptors (Lipinski definition) is 3. The molecule has 0 amide bonds. The van der Waals surface area contributed by atoms with Crippen LogP contribution in [0.4, 0.5) is 51.2 Å². The molecule has 0 unspecified atom stereocenters. The first-order valence-electron chi connectivity index (χ1n) is 24.3. The molecule has 0 atom stereocenters. The Hall–Kier alpha value is -9.80. The lowest BCUT2D eigenvalue weighted by Gasteiger charge is -2.28. The monoisotopic (exact) mass is 917 g/mol. The Balaban J connectivity index is 0.989. The molecule has 0 aliphatic carbocycles. The van der Waals surface area contributed by atoms with Crippen molar-refractivity contribution in [1.29, 1.82) is 0 Å². The molecule has 72 heavy (non-hydrogen) atoms. The van der Waals surface area contributed by atoms with E-state index >= 15 is 0 Å². The minimum absolute atomic E-state index is 0.935. The lowest BCUT2D eigenvalue weighted by molar-refractivity contribution is 1.28. The van der Waals surface area contributed by atoms with Crippen molar-refractivity contribution in [3.63, 3.8) is 0 Å². The maximum absolute atomic E-state index is 3.71. The fraction of sp³-hybridized carbons (Fsp3) is 0.0145. The molecule has 0 bridgehead atoms. The third-order valence-electron chi connectivity index (χ3n) is 13.3. The average Bonchev–Trinajstić information content (AvgIpc) is 3.45. The summed E-state index contributed by atoms with van der Waals surface area (Å²) in [6.07, 6.45) is 0. The molecule has 0 aromatic heterocycles. The van der Waals surface area contributed by atoms with Gasteiger partial charge in [-0.2, -0.15) is 0 Å². The first-order chi connectivity index (χ1) is 35.6. The molecule has 0 aliphatic heterocycles. The van der Waals surface area contributed by atoms with Crippen LogP contribution in [0.15, 0.2) is 267 Å². The number of rotatable bonds is 9. The minimum Gasteiger partial charge on any atom is -0.311 e. The van der Waals surface area contributed by atoms with E-state index in [-0.39, 0.29) is 0 Å². The summed E-state index contributed by atoms with van der Waals surface area (Å²) in [7, 11) is 0. The Morgan fingerprint density at radius 3 is 0.917 bits per heavy atom. The number of benzene rings is 12. The van der Waals surface area contributed by atoms with Crippen LogP contribution in [0.2, 0.25) is 0 Å². The molecule has 3 nitrogen and oxygen atoms in total. The lowest BCUT2D eigenvalue weighted by atomic mass is 9.87. The van der Waals surface area contributed by atoms with Crippen molar-refractivity contribution < 1.29 is 0 Å². The van der Waals surface area contributed by atoms with E-state index in [1.165, 1.54) is 21.7 Å². The lowest BCUT2D eigenvalue weighted by Crippen LogP contribution is -2.11. The van der Waals surface area contributed by atoms with Crippen LogP contribution in [0.3, 0.4) is 0 Å². The second-order valence-corrected chi connectivity index (χ2v) is 17.9. The molecule has 0 radical (unpaired) electrons. The summed E-state index contributed by atoms with van der Waals surface area (Å²) in [5.74, 6) is 14.5. The van der Waals surface area contributed by atoms with Gasteiger partial charge in [0.1, 0.15) is 0 Å². The highest BCUT2D eigenvalue weighted by Crippen LogP contribution is 2.46. The van der Waals surface area contributed by atoms with Crippen LogP contribution in [0.25, 0.3) is 32.3 Å². The van der Waals surface area contributed by atoms with E-state index in [0.717, 1.165) is 89.6 Å². The van der Waals surface area contributed by atoms with Gasteiger partial charge in [-0.3, -0.25) is 0 Å². The molecule has 338 valence electrons. The summed E-state index contributed by atoms with van der Waals surface area (Å²) in [5.41, 5.74) is 14.7. The van der Waals surface area contributed by atoms with Gasteiger partial charge in [-0.05, 0) is 167 Å². The van der Waals surface area contributed by atoms with E-state index in [0.29, 0.717) is 0 Å². The van der Waals surface area contributed by atoms with E-state index in [4.69, 9.17) is 0 Å². The van der Waals surface area contributed by atoms with Gasteiger partial charge in [-0.25, -0.2) is 0 Å². The van der Waals surface area contributed by atoms with E-state index in [1.54, 1.807) is 0 Å². The van der Waals surface area contributed by atoms with E-state index in [2.05, 4.69) is 312 Å². The second kappa shape index (κ2) is 19.3. The van der Waals surface area contributed by atoms with Crippen molar-refractivity contribution in [2.24, 2.45) is 0 Å². The van der Waals surface area contributed by atoms with Crippen LogP contribution in [0.1, 0.15) is 27.8 Å². The number of nitrogens with zero attached hydrogens (tertiary/aromatic N) is 3. The Morgan fingerprint density at radius 2 is 0.542 bits per heavy atom. The molecule has 12 aromatic rings. The third-order valence-corrected chi connectivity index (χ3v) is 13.3. The van der Waals surface area contributed by atoms with Gasteiger partial charge < -0.3 is 14.7 Å². The zero-order valence-electron chi connectivity index (χ0n) is 39.7. The van der Waals surface area contributed by atoms with Crippen LogP contribution >= 0.6 is 0 Å². The topological polar surface area (TPSA) is 9.72 Å². The Labute approximate surface area is 421 Å². The van der Waals surface area contributed by atoms with Crippen LogP contribution in [0, 0.1) is 30.6 Å². The fourth-order valence-corrected chi connectivity index (χ4v) is 9.99. The highest BCUT2D eigenvalue weighted by Gasteiger charge is 2.22. The van der Waals surface area contributed by atoms with Crippen molar-refractivity contribution in [3.05, 3.63) is 295 Å². The Kier molecular flexibility index (Phi) is 11.7. The smallest absolute Gasteiger partial charge is 0.0553 e. The van der Waals surface area contributed by atoms with Crippen molar-refractivity contribution in [2.45, 2.75) is 6.92 Å². The van der Waals surface area contributed by atoms with Gasteiger partial charge in [0.2, 0.25) is 0 Å². The van der Waals surface area contributed by atoms with Gasteiger partial charge >= 0.3 is 0 Å². The molecule has 0 N–H and O–H groups in total. The quantitative estimate of drug-likeness (QED) is 0.106. The number of hydrogen-bond donors (Lipinski definition) is 0. The zero-order valence-corrected chi connectivity index (χ0v) is 39.7. The van der Waals surface area contributed by atoms with Gasteiger partial charge in [0.15, 0.2) is 0 Å². The summed E-state index contributed by atoms with van der Waals surface area (Å²) < 4.78 is 0. The van der Waals surface area contributed by atoms with Crippen molar-refractivity contribution in [1.82, 2.24) is 0 Å². The molecule has 0 heterocycles.